The summed E-state index contributed by atoms with van der Waals surface area (Å²) in [5.74, 6) is -0.643. The average molecular weight is 429 g/mol. The Kier molecular flexibility index (Phi) is 5.20. The number of imide groups is 1. The summed E-state index contributed by atoms with van der Waals surface area (Å²) in [5.41, 5.74) is 2.64. The fraction of sp³-hybridized carbons (Fsp3) is 0.895. The zero-order valence-corrected chi connectivity index (χ0v) is 18.4. The van der Waals surface area contributed by atoms with E-state index in [-0.39, 0.29) is 48.0 Å². The Hall–Kier alpha value is -1.23. The number of hydrogen-bond donors (Lipinski definition) is 2. The third-order valence-electron chi connectivity index (χ3n) is 7.27. The van der Waals surface area contributed by atoms with E-state index in [2.05, 4.69) is 10.2 Å². The number of rotatable bonds is 5. The molecule has 0 aromatic rings. The van der Waals surface area contributed by atoms with Crippen LogP contribution < -0.4 is 10.2 Å². The molecule has 164 valence electrons. The van der Waals surface area contributed by atoms with Crippen LogP contribution in [0.1, 0.15) is 52.9 Å². The molecule has 2 N–H and O–H groups in total. The minimum absolute atomic E-state index is 0.0422. The van der Waals surface area contributed by atoms with Crippen molar-refractivity contribution in [1.29, 1.82) is 0 Å². The molecule has 10 heteroatoms. The average Bonchev–Trinajstić information content (AvgIpc) is 3.30. The second-order valence-electron chi connectivity index (χ2n) is 9.54. The van der Waals surface area contributed by atoms with Gasteiger partial charge in [0.15, 0.2) is 0 Å². The Morgan fingerprint density at radius 3 is 2.52 bits per heavy atom. The van der Waals surface area contributed by atoms with Crippen molar-refractivity contribution in [2.24, 2.45) is 11.8 Å². The molecule has 2 heterocycles. The lowest BCUT2D eigenvalue weighted by Crippen LogP contribution is -2.64. The molecule has 3 amide bonds. The molecule has 9 nitrogen and oxygen atoms in total. The SMILES string of the molecule is CC1NOC(C)C1CN1C(=O)N(C)C(=O)C2CC(S(=O)(=O)NC3(C)CC3)CCC21. The van der Waals surface area contributed by atoms with Crippen LogP contribution in [0.2, 0.25) is 0 Å². The van der Waals surface area contributed by atoms with Crippen LogP contribution in [0.25, 0.3) is 0 Å². The van der Waals surface area contributed by atoms with Gasteiger partial charge in [-0.15, -0.1) is 0 Å². The van der Waals surface area contributed by atoms with E-state index >= 15 is 0 Å². The first kappa shape index (κ1) is 21.0. The summed E-state index contributed by atoms with van der Waals surface area (Å²) in [6, 6.07) is -0.457. The van der Waals surface area contributed by atoms with Gasteiger partial charge in [0, 0.05) is 37.1 Å². The summed E-state index contributed by atoms with van der Waals surface area (Å²) in [6.07, 6.45) is 2.89. The van der Waals surface area contributed by atoms with Crippen molar-refractivity contribution < 1.29 is 22.8 Å². The van der Waals surface area contributed by atoms with E-state index < -0.39 is 21.2 Å². The van der Waals surface area contributed by atoms with Gasteiger partial charge in [-0.1, -0.05) is 0 Å². The highest BCUT2D eigenvalue weighted by Gasteiger charge is 2.52. The van der Waals surface area contributed by atoms with E-state index in [1.807, 2.05) is 20.8 Å². The Morgan fingerprint density at radius 1 is 1.24 bits per heavy atom. The molecular formula is C19H32N4O5S. The second kappa shape index (κ2) is 7.18. The second-order valence-corrected chi connectivity index (χ2v) is 11.5. The largest absolute Gasteiger partial charge is 0.326 e. The van der Waals surface area contributed by atoms with Gasteiger partial charge in [0.05, 0.1) is 17.3 Å². The lowest BCUT2D eigenvalue weighted by atomic mass is 9.80. The molecule has 4 rings (SSSR count). The van der Waals surface area contributed by atoms with E-state index in [4.69, 9.17) is 4.84 Å². The van der Waals surface area contributed by atoms with Gasteiger partial charge < -0.3 is 4.90 Å². The highest BCUT2D eigenvalue weighted by atomic mass is 32.2. The molecule has 2 aliphatic carbocycles. The summed E-state index contributed by atoms with van der Waals surface area (Å²) in [4.78, 5) is 34.2. The first-order valence-electron chi connectivity index (χ1n) is 10.5. The summed E-state index contributed by atoms with van der Waals surface area (Å²) in [6.45, 7) is 6.38. The molecular weight excluding hydrogens is 396 g/mol. The molecule has 29 heavy (non-hydrogen) atoms. The Morgan fingerprint density at radius 2 is 1.93 bits per heavy atom. The monoisotopic (exact) mass is 428 g/mol. The van der Waals surface area contributed by atoms with Crippen molar-refractivity contribution in [2.75, 3.05) is 13.6 Å². The van der Waals surface area contributed by atoms with Gasteiger partial charge in [-0.05, 0) is 52.9 Å². The number of hydroxylamine groups is 1. The van der Waals surface area contributed by atoms with E-state index in [1.165, 1.54) is 7.05 Å². The van der Waals surface area contributed by atoms with Crippen molar-refractivity contribution in [3.63, 3.8) is 0 Å². The van der Waals surface area contributed by atoms with E-state index in [0.29, 0.717) is 19.4 Å². The van der Waals surface area contributed by atoms with Gasteiger partial charge in [-0.2, -0.15) is 5.48 Å². The van der Waals surface area contributed by atoms with Gasteiger partial charge in [-0.25, -0.2) is 17.9 Å². The predicted molar refractivity (Wildman–Crippen MR) is 106 cm³/mol. The summed E-state index contributed by atoms with van der Waals surface area (Å²) < 4.78 is 28.6. The quantitative estimate of drug-likeness (QED) is 0.671. The Labute approximate surface area is 172 Å². The summed E-state index contributed by atoms with van der Waals surface area (Å²) >= 11 is 0. The molecule has 0 aromatic heterocycles. The number of urea groups is 1. The van der Waals surface area contributed by atoms with Gasteiger partial charge >= 0.3 is 6.03 Å². The molecule has 0 bridgehead atoms. The maximum atomic E-state index is 12.9. The number of sulfonamides is 1. The highest BCUT2D eigenvalue weighted by Crippen LogP contribution is 2.40. The van der Waals surface area contributed by atoms with Gasteiger partial charge in [0.2, 0.25) is 15.9 Å². The topological polar surface area (TPSA) is 108 Å². The zero-order chi connectivity index (χ0) is 21.1. The maximum absolute atomic E-state index is 12.9. The van der Waals surface area contributed by atoms with Crippen LogP contribution in [0.3, 0.4) is 0 Å². The van der Waals surface area contributed by atoms with Crippen LogP contribution in [-0.4, -0.2) is 72.7 Å². The fourth-order valence-corrected chi connectivity index (χ4v) is 6.94. The molecule has 6 unspecified atom stereocenters. The lowest BCUT2D eigenvalue weighted by Gasteiger charge is -2.48. The molecule has 4 fully saturated rings. The van der Waals surface area contributed by atoms with Crippen molar-refractivity contribution in [2.45, 2.75) is 81.9 Å². The minimum Gasteiger partial charge on any atom is -0.320 e. The number of carbonyl (C=O) groups excluding carboxylic acids is 2. The number of amides is 3. The van der Waals surface area contributed by atoms with Crippen molar-refractivity contribution >= 4 is 22.0 Å². The number of fused-ring (bicyclic) bond motifs is 1. The number of hydrogen-bond acceptors (Lipinski definition) is 6. The minimum atomic E-state index is -3.50. The van der Waals surface area contributed by atoms with Gasteiger partial charge in [-0.3, -0.25) is 14.5 Å². The van der Waals surface area contributed by atoms with Crippen molar-refractivity contribution in [3.8, 4) is 0 Å². The third-order valence-corrected chi connectivity index (χ3v) is 9.35. The first-order valence-corrected chi connectivity index (χ1v) is 12.1. The fourth-order valence-electron chi connectivity index (χ4n) is 4.97. The van der Waals surface area contributed by atoms with E-state index in [1.54, 1.807) is 4.90 Å². The third kappa shape index (κ3) is 3.80. The van der Waals surface area contributed by atoms with Crippen LogP contribution in [0, 0.1) is 11.8 Å². The number of carbonyl (C=O) groups is 2. The lowest BCUT2D eigenvalue weighted by molar-refractivity contribution is -0.139. The molecule has 2 aliphatic heterocycles. The molecule has 4 aliphatic rings. The highest BCUT2D eigenvalue weighted by molar-refractivity contribution is 7.90. The number of nitrogens with zero attached hydrogens (tertiary/aromatic N) is 2. The molecule has 2 saturated carbocycles. The maximum Gasteiger partial charge on any atom is 0.326 e. The van der Waals surface area contributed by atoms with Crippen molar-refractivity contribution in [1.82, 2.24) is 20.0 Å². The smallest absolute Gasteiger partial charge is 0.320 e. The van der Waals surface area contributed by atoms with E-state index in [9.17, 15) is 18.0 Å². The van der Waals surface area contributed by atoms with Crippen molar-refractivity contribution in [3.05, 3.63) is 0 Å². The van der Waals surface area contributed by atoms with Crippen LogP contribution in [0.15, 0.2) is 0 Å². The van der Waals surface area contributed by atoms with Gasteiger partial charge in [0.25, 0.3) is 0 Å². The van der Waals surface area contributed by atoms with Crippen LogP contribution in [0.4, 0.5) is 4.79 Å². The number of nitrogens with one attached hydrogen (secondary N) is 2. The Balaban J connectivity index is 1.52. The molecule has 0 spiro atoms. The first-order chi connectivity index (χ1) is 13.5. The summed E-state index contributed by atoms with van der Waals surface area (Å²) in [7, 11) is -2.00. The molecule has 2 saturated heterocycles. The van der Waals surface area contributed by atoms with Crippen LogP contribution >= 0.6 is 0 Å². The molecule has 0 radical (unpaired) electrons. The molecule has 6 atom stereocenters. The van der Waals surface area contributed by atoms with E-state index in [0.717, 1.165) is 17.7 Å². The normalized spacial score (nSPS) is 39.6. The standard InChI is InChI=1S/C19H32N4O5S/c1-11-15(12(2)28-20-11)10-23-16-6-5-13(29(26,27)21-19(3)7-8-19)9-14(16)17(24)22(4)18(23)25/h11-16,20-21H,5-10H2,1-4H3. The molecule has 0 aromatic carbocycles. The predicted octanol–water partition coefficient (Wildman–Crippen LogP) is 0.818. The van der Waals surface area contributed by atoms with Crippen LogP contribution in [0.5, 0.6) is 0 Å². The van der Waals surface area contributed by atoms with Crippen LogP contribution in [-0.2, 0) is 19.7 Å². The zero-order valence-electron chi connectivity index (χ0n) is 17.6. The van der Waals surface area contributed by atoms with Gasteiger partial charge in [0.1, 0.15) is 0 Å². The summed E-state index contributed by atoms with van der Waals surface area (Å²) in [5, 5.41) is -0.595. The Bertz CT molecular complexity index is 788.